The third kappa shape index (κ3) is 24.2. The Morgan fingerprint density at radius 1 is 0.238 bits per heavy atom. The summed E-state index contributed by atoms with van der Waals surface area (Å²) < 4.78 is 4.41. The average molecular weight is 2160 g/mol. The molecule has 8 aliphatic rings. The maximum atomic E-state index is 2.59. The minimum absolute atomic E-state index is 0. The molecule has 0 spiro atoms. The quantitative estimate of drug-likeness (QED) is 0.0228. The fourth-order valence-corrected chi connectivity index (χ4v) is 22.6. The van der Waals surface area contributed by atoms with E-state index in [0.717, 1.165) is 70.3 Å². The molecule has 8 heterocycles. The van der Waals surface area contributed by atoms with Gasteiger partial charge < -0.3 is 153 Å². The summed E-state index contributed by atoms with van der Waals surface area (Å²) in [4.78, 5) is 25.0. The number of unbranched alkanes of at least 4 members (excludes halogenated alkanes) is 4. The molecule has 0 bridgehead atoms. The molecule has 0 atom stereocenters. The van der Waals surface area contributed by atoms with E-state index in [1.807, 2.05) is 47.0 Å². The van der Waals surface area contributed by atoms with E-state index in [1.54, 1.807) is 0 Å². The molecular weight excluding hydrogens is 2030 g/mol. The first-order valence-electron chi connectivity index (χ1n) is 43.5. The van der Waals surface area contributed by atoms with Crippen molar-refractivity contribution in [3.63, 3.8) is 0 Å². The van der Waals surface area contributed by atoms with Gasteiger partial charge in [0, 0.05) is 158 Å². The Hall–Kier alpha value is -5.76. The van der Waals surface area contributed by atoms with E-state index in [4.69, 9.17) is 0 Å². The van der Waals surface area contributed by atoms with Crippen LogP contribution in [0.2, 0.25) is 0 Å². The molecule has 12 nitrogen and oxygen atoms in total. The molecule has 0 fully saturated rings. The molecule has 0 unspecified atom stereocenters. The number of quaternary nitrogens is 4. The molecule has 0 saturated heterocycles. The van der Waals surface area contributed by atoms with Crippen molar-refractivity contribution in [1.29, 1.82) is 0 Å². The van der Waals surface area contributed by atoms with Gasteiger partial charge in [-0.05, 0) is 171 Å². The van der Waals surface area contributed by atoms with E-state index in [9.17, 15) is 0 Å². The maximum absolute atomic E-state index is 2.59. The number of rotatable bonds is 32. The van der Waals surface area contributed by atoms with Gasteiger partial charge in [-0.2, -0.15) is 0 Å². The highest BCUT2D eigenvalue weighted by Crippen LogP contribution is 2.51. The number of thioether (sulfide) groups is 4. The summed E-state index contributed by atoms with van der Waals surface area (Å²) in [7, 11) is 28.2. The Balaban J connectivity index is 0.000000230. The average Bonchev–Trinajstić information content (AvgIpc) is 1.76. The highest BCUT2D eigenvalue weighted by molar-refractivity contribution is 8.04. The standard InChI is InChI=1S/2C51H64N6S2.4HI/c2*1-52-46-24-11-13-26-48(46)58-50(52)38-40-28-32-54(44-22-9-7-20-42(40)44)30-15-17-34-56(3,4)36-19-37-57(5,6)35-18-16-31-55-33-29-41(43-21-8-10-23-45(43)55)39-51-53(2)47-25-12-14-27-49(47)59-51;;;;/h2*7-14,20-29,38-39H,15-19,30-37H2,1-6H3;4*1H/q2*+2;;;;/p-4/b2*50-38+,51-39?;;;;. The van der Waals surface area contributed by atoms with Gasteiger partial charge in [0.2, 0.25) is 0 Å². The smallest absolute Gasteiger partial charge is 0.0836 e. The zero-order valence-electron chi connectivity index (χ0n) is 74.0. The minimum Gasteiger partial charge on any atom is -1.00 e. The molecule has 648 valence electrons. The lowest BCUT2D eigenvalue weighted by atomic mass is 9.98. The second-order valence-corrected chi connectivity index (χ2v) is 40.3. The number of hydrogen-bond donors (Lipinski definition) is 0. The van der Waals surface area contributed by atoms with Crippen LogP contribution in [0.25, 0.3) is 22.3 Å². The van der Waals surface area contributed by atoms with Crippen LogP contribution in [0.4, 0.5) is 45.5 Å². The van der Waals surface area contributed by atoms with Crippen LogP contribution >= 0.6 is 47.0 Å². The predicted molar refractivity (Wildman–Crippen MR) is 515 cm³/mol. The molecule has 8 aliphatic heterocycles. The van der Waals surface area contributed by atoms with Crippen molar-refractivity contribution in [3.8, 4) is 0 Å². The number of allylic oxidation sites excluding steroid dienone is 8. The van der Waals surface area contributed by atoms with Crippen molar-refractivity contribution < 1.29 is 114 Å². The first-order chi connectivity index (χ1) is 57.1. The predicted octanol–water partition coefficient (Wildman–Crippen LogP) is 10.1. The number of halogens is 4. The van der Waals surface area contributed by atoms with Gasteiger partial charge in [-0.25, -0.2) is 0 Å². The monoisotopic (exact) mass is 2160 g/mol. The van der Waals surface area contributed by atoms with E-state index in [1.165, 1.54) is 246 Å². The van der Waals surface area contributed by atoms with Crippen molar-refractivity contribution in [2.75, 3.05) is 228 Å². The lowest BCUT2D eigenvalue weighted by Crippen LogP contribution is -3.00. The third-order valence-corrected chi connectivity index (χ3v) is 30.0. The van der Waals surface area contributed by atoms with Gasteiger partial charge in [0.1, 0.15) is 0 Å². The summed E-state index contributed by atoms with van der Waals surface area (Å²) in [5, 5.41) is 5.17. The largest absolute Gasteiger partial charge is 1.00 e. The Kier molecular flexibility index (Phi) is 35.2. The van der Waals surface area contributed by atoms with Gasteiger partial charge >= 0.3 is 0 Å². The molecule has 8 aromatic rings. The van der Waals surface area contributed by atoms with Crippen LogP contribution < -0.4 is 135 Å². The van der Waals surface area contributed by atoms with E-state index in [0.29, 0.717) is 0 Å². The molecule has 8 aromatic carbocycles. The summed E-state index contributed by atoms with van der Waals surface area (Å²) in [5.74, 6) is 0. The topological polar surface area (TPSA) is 25.9 Å². The van der Waals surface area contributed by atoms with Crippen LogP contribution in [-0.2, 0) is 0 Å². The number of anilines is 8. The van der Waals surface area contributed by atoms with Crippen molar-refractivity contribution in [2.45, 2.75) is 83.8 Å². The number of benzene rings is 8. The van der Waals surface area contributed by atoms with E-state index in [-0.39, 0.29) is 95.9 Å². The Morgan fingerprint density at radius 2 is 0.418 bits per heavy atom. The van der Waals surface area contributed by atoms with Crippen molar-refractivity contribution in [1.82, 2.24) is 0 Å². The van der Waals surface area contributed by atoms with Crippen LogP contribution in [-0.4, -0.2) is 207 Å². The van der Waals surface area contributed by atoms with E-state index >= 15 is 0 Å². The summed E-state index contributed by atoms with van der Waals surface area (Å²) in [6.07, 6.45) is 31.7. The van der Waals surface area contributed by atoms with E-state index in [2.05, 4.69) is 367 Å². The lowest BCUT2D eigenvalue weighted by Gasteiger charge is -2.35. The number of hydrogen-bond acceptors (Lipinski definition) is 12. The normalized spacial score (nSPS) is 17.0. The fraction of sp³-hybridized carbons (Fsp3) is 0.373. The molecule has 0 saturated carbocycles. The van der Waals surface area contributed by atoms with Gasteiger partial charge in [-0.3, -0.25) is 0 Å². The highest BCUT2D eigenvalue weighted by Gasteiger charge is 2.31. The molecule has 122 heavy (non-hydrogen) atoms. The number of nitrogens with zero attached hydrogens (tertiary/aromatic N) is 12. The maximum Gasteiger partial charge on any atom is 0.0836 e. The summed E-state index contributed by atoms with van der Waals surface area (Å²) >= 11 is 7.49. The second kappa shape index (κ2) is 44.3. The van der Waals surface area contributed by atoms with Crippen LogP contribution in [0.3, 0.4) is 0 Å². The molecule has 0 radical (unpaired) electrons. The fourth-order valence-electron chi connectivity index (χ4n) is 18.2. The van der Waals surface area contributed by atoms with Gasteiger partial charge in [-0.1, -0.05) is 193 Å². The first-order valence-corrected chi connectivity index (χ1v) is 46.7. The SMILES string of the molecule is CN1C(=CC2=CCN(CCCC[N+](C)(C)CCC[N+](C)(C)CCCCN3CC=C(/C=C4/Sc5ccccc5N4C)c4ccccc43)c3ccccc32)Sc2ccccc21.CN1C(=CC2=CCN(CCCC[N+](C)(C)CCC[N+](C)(C)CCCCN3CC=C(/C=C4/Sc5ccccc5N4C)c4ccccc43)c3ccccc32)Sc2ccccc21.[I-].[I-].[I-].[I-]. The number of para-hydroxylation sites is 8. The third-order valence-electron chi connectivity index (χ3n) is 25.4. The van der Waals surface area contributed by atoms with E-state index < -0.39 is 0 Å². The van der Waals surface area contributed by atoms with Crippen LogP contribution in [0.1, 0.15) is 86.5 Å². The zero-order valence-corrected chi connectivity index (χ0v) is 85.9. The van der Waals surface area contributed by atoms with Crippen LogP contribution in [0, 0.1) is 0 Å². The molecule has 0 aromatic heterocycles. The summed E-state index contributed by atoms with van der Waals surface area (Å²) in [6, 6.07) is 70.8. The highest BCUT2D eigenvalue weighted by atomic mass is 127. The number of fused-ring (bicyclic) bond motifs is 8. The van der Waals surface area contributed by atoms with Gasteiger partial charge in [0.05, 0.1) is 152 Å². The summed E-state index contributed by atoms with van der Waals surface area (Å²) in [5.41, 5.74) is 21.4. The molecule has 16 rings (SSSR count). The Labute approximate surface area is 817 Å². The first kappa shape index (κ1) is 96.9. The van der Waals surface area contributed by atoms with Gasteiger partial charge in [0.15, 0.2) is 0 Å². The molecule has 20 heteroatoms. The van der Waals surface area contributed by atoms with Crippen molar-refractivity contribution >= 4 is 115 Å². The van der Waals surface area contributed by atoms with Crippen LogP contribution in [0.15, 0.2) is 282 Å². The van der Waals surface area contributed by atoms with Gasteiger partial charge in [-0.15, -0.1) is 0 Å². The second-order valence-electron chi connectivity index (χ2n) is 36.0. The Morgan fingerprint density at radius 3 is 0.623 bits per heavy atom. The minimum atomic E-state index is 0. The Bertz CT molecular complexity index is 4530. The van der Waals surface area contributed by atoms with Crippen molar-refractivity contribution in [3.05, 3.63) is 285 Å². The zero-order chi connectivity index (χ0) is 82.0. The van der Waals surface area contributed by atoms with Crippen LogP contribution in [0.5, 0.6) is 0 Å². The van der Waals surface area contributed by atoms with Crippen molar-refractivity contribution in [2.24, 2.45) is 0 Å². The molecule has 0 aliphatic carbocycles. The molecule has 0 amide bonds. The molecular formula is C102H128I4N12S4. The summed E-state index contributed by atoms with van der Waals surface area (Å²) in [6.45, 7) is 18.2. The molecule has 0 N–H and O–H groups in total. The lowest BCUT2D eigenvalue weighted by molar-refractivity contribution is -0.909. The van der Waals surface area contributed by atoms with Gasteiger partial charge in [0.25, 0.3) is 0 Å².